The van der Waals surface area contributed by atoms with Gasteiger partial charge in [0.2, 0.25) is 0 Å². The summed E-state index contributed by atoms with van der Waals surface area (Å²) in [5.74, 6) is -1.25. The number of hydroxylamine groups is 2. The molecule has 1 aliphatic rings. The molecule has 1 rings (SSSR count). The Kier molecular flexibility index (Phi) is 1.44. The van der Waals surface area contributed by atoms with Crippen molar-refractivity contribution in [3.63, 3.8) is 0 Å². The summed E-state index contributed by atoms with van der Waals surface area (Å²) in [6.45, 7) is 0. The van der Waals surface area contributed by atoms with E-state index in [1.807, 2.05) is 0 Å². The van der Waals surface area contributed by atoms with Crippen LogP contribution in [0.15, 0.2) is 0 Å². The van der Waals surface area contributed by atoms with E-state index in [-0.39, 0.29) is 17.9 Å². The number of nitrogens with zero attached hydrogens (tertiary/aromatic N) is 1. The number of hydrogen-bond acceptors (Lipinski definition) is 3. The third kappa shape index (κ3) is 0.904. The van der Waals surface area contributed by atoms with Gasteiger partial charge >= 0.3 is 0 Å². The fraction of sp³-hybridized carbons (Fsp3) is 0.500. The smallest absolute Gasteiger partial charge is 0.256 e. The maximum Gasteiger partial charge on any atom is 0.256 e. The number of halogens is 1. The first-order valence-electron chi connectivity index (χ1n) is 2.40. The predicted octanol–water partition coefficient (Wildman–Crippen LogP) is -0.0485. The van der Waals surface area contributed by atoms with Gasteiger partial charge in [-0.1, -0.05) is 5.04 Å². The van der Waals surface area contributed by atoms with Gasteiger partial charge in [0, 0.05) is 12.8 Å². The van der Waals surface area contributed by atoms with Gasteiger partial charge in [-0.2, -0.15) is 0 Å². The first-order chi connectivity index (χ1) is 4.25. The normalized spacial score (nSPS) is 19.4. The van der Waals surface area contributed by atoms with Gasteiger partial charge in [0.15, 0.2) is 0 Å². The van der Waals surface area contributed by atoms with Crippen LogP contribution in [-0.2, 0) is 14.6 Å². The number of carbonyl (C=O) groups excluding carboxylic acids is 2. The molecule has 1 fully saturated rings. The number of amides is 2. The van der Waals surface area contributed by atoms with Crippen molar-refractivity contribution in [2.75, 3.05) is 0 Å². The third-order valence-electron chi connectivity index (χ3n) is 1.07. The van der Waals surface area contributed by atoms with E-state index in [4.69, 9.17) is 0 Å². The van der Waals surface area contributed by atoms with Gasteiger partial charge in [0.25, 0.3) is 11.8 Å². The van der Waals surface area contributed by atoms with Crippen LogP contribution in [0.25, 0.3) is 0 Å². The second-order valence-corrected chi connectivity index (χ2v) is 1.65. The summed E-state index contributed by atoms with van der Waals surface area (Å²) in [6.07, 6.45) is 0.0888. The van der Waals surface area contributed by atoms with Crippen LogP contribution in [0.5, 0.6) is 0 Å². The summed E-state index contributed by atoms with van der Waals surface area (Å²) in [7, 11) is 0. The van der Waals surface area contributed by atoms with Gasteiger partial charge in [0.1, 0.15) is 0 Å². The van der Waals surface area contributed by atoms with Gasteiger partial charge in [-0.25, -0.2) is 0 Å². The van der Waals surface area contributed by atoms with Gasteiger partial charge in [-0.05, 0) is 4.53 Å². The summed E-state index contributed by atoms with van der Waals surface area (Å²) >= 11 is 0. The highest BCUT2D eigenvalue weighted by molar-refractivity contribution is 6.00. The standard InChI is InChI=1S/C4H4FNO3/c5-9-6-3(7)1-2-4(6)8/h1-2H2. The molecule has 1 saturated heterocycles. The molecular formula is C4H4FNO3. The van der Waals surface area contributed by atoms with Crippen molar-refractivity contribution in [2.45, 2.75) is 12.8 Å². The van der Waals surface area contributed by atoms with E-state index in [2.05, 4.69) is 5.04 Å². The molecule has 0 bridgehead atoms. The van der Waals surface area contributed by atoms with Crippen LogP contribution >= 0.6 is 0 Å². The Hall–Kier alpha value is -0.970. The summed E-state index contributed by atoms with van der Waals surface area (Å²) in [5.41, 5.74) is 0. The average molecular weight is 133 g/mol. The summed E-state index contributed by atoms with van der Waals surface area (Å²) in [5, 5.41) is 3.09. The zero-order chi connectivity index (χ0) is 6.85. The van der Waals surface area contributed by atoms with Crippen LogP contribution in [0.3, 0.4) is 0 Å². The number of carbonyl (C=O) groups is 2. The molecule has 1 heterocycles. The molecule has 0 spiro atoms. The molecule has 0 radical (unpaired) electrons. The SMILES string of the molecule is O=C1CCC(=O)N1OF. The van der Waals surface area contributed by atoms with E-state index < -0.39 is 11.8 Å². The molecule has 0 saturated carbocycles. The Morgan fingerprint density at radius 1 is 1.33 bits per heavy atom. The lowest BCUT2D eigenvalue weighted by Crippen LogP contribution is -2.25. The Bertz CT molecular complexity index is 142. The van der Waals surface area contributed by atoms with Crippen molar-refractivity contribution >= 4 is 11.8 Å². The molecule has 9 heavy (non-hydrogen) atoms. The number of rotatable bonds is 1. The first kappa shape index (κ1) is 6.15. The van der Waals surface area contributed by atoms with Gasteiger partial charge in [0.05, 0.1) is 0 Å². The zero-order valence-electron chi connectivity index (χ0n) is 4.46. The molecule has 0 N–H and O–H groups in total. The molecule has 0 aliphatic carbocycles. The van der Waals surface area contributed by atoms with E-state index in [1.165, 1.54) is 0 Å². The van der Waals surface area contributed by atoms with Gasteiger partial charge in [-0.15, -0.1) is 5.06 Å². The van der Waals surface area contributed by atoms with E-state index in [0.717, 1.165) is 0 Å². The molecule has 1 aliphatic heterocycles. The Balaban J connectivity index is 2.66. The zero-order valence-corrected chi connectivity index (χ0v) is 4.46. The molecular weight excluding hydrogens is 129 g/mol. The van der Waals surface area contributed by atoms with Crippen LogP contribution in [0.4, 0.5) is 4.53 Å². The topological polar surface area (TPSA) is 46.6 Å². The average Bonchev–Trinajstić information content (AvgIpc) is 2.12. The van der Waals surface area contributed by atoms with Gasteiger partial charge < -0.3 is 0 Å². The van der Waals surface area contributed by atoms with Crippen LogP contribution in [0.1, 0.15) is 12.8 Å². The van der Waals surface area contributed by atoms with Crippen molar-refractivity contribution in [1.29, 1.82) is 0 Å². The van der Waals surface area contributed by atoms with Crippen LogP contribution < -0.4 is 0 Å². The maximum absolute atomic E-state index is 11.2. The molecule has 2 amide bonds. The van der Waals surface area contributed by atoms with E-state index >= 15 is 0 Å². The van der Waals surface area contributed by atoms with Crippen LogP contribution in [0.2, 0.25) is 0 Å². The predicted molar refractivity (Wildman–Crippen MR) is 23.3 cm³/mol. The molecule has 5 heteroatoms. The van der Waals surface area contributed by atoms with Crippen molar-refractivity contribution in [2.24, 2.45) is 0 Å². The molecule has 4 nitrogen and oxygen atoms in total. The highest BCUT2D eigenvalue weighted by Gasteiger charge is 2.30. The minimum Gasteiger partial charge on any atom is -0.272 e. The van der Waals surface area contributed by atoms with Crippen LogP contribution in [-0.4, -0.2) is 16.9 Å². The minimum absolute atomic E-state index is 0.0444. The van der Waals surface area contributed by atoms with E-state index in [9.17, 15) is 14.1 Å². The summed E-state index contributed by atoms with van der Waals surface area (Å²) in [6, 6.07) is 0. The highest BCUT2D eigenvalue weighted by Crippen LogP contribution is 2.11. The highest BCUT2D eigenvalue weighted by atomic mass is 19.3. The second kappa shape index (κ2) is 2.10. The molecule has 0 unspecified atom stereocenters. The summed E-state index contributed by atoms with van der Waals surface area (Å²) in [4.78, 5) is 20.7. The lowest BCUT2D eigenvalue weighted by Gasteiger charge is -2.01. The largest absolute Gasteiger partial charge is 0.272 e. The fourth-order valence-electron chi connectivity index (χ4n) is 0.633. The van der Waals surface area contributed by atoms with Crippen molar-refractivity contribution < 1.29 is 19.2 Å². The van der Waals surface area contributed by atoms with E-state index in [0.29, 0.717) is 0 Å². The van der Waals surface area contributed by atoms with Crippen molar-refractivity contribution in [3.8, 4) is 0 Å². The van der Waals surface area contributed by atoms with Crippen LogP contribution in [0, 0.1) is 0 Å². The lowest BCUT2D eigenvalue weighted by molar-refractivity contribution is -0.288. The van der Waals surface area contributed by atoms with Crippen molar-refractivity contribution in [1.82, 2.24) is 5.06 Å². The Morgan fingerprint density at radius 3 is 2.00 bits per heavy atom. The summed E-state index contributed by atoms with van der Waals surface area (Å²) < 4.78 is 11.2. The Morgan fingerprint density at radius 2 is 1.78 bits per heavy atom. The van der Waals surface area contributed by atoms with E-state index in [1.54, 1.807) is 0 Å². The minimum atomic E-state index is -0.623. The van der Waals surface area contributed by atoms with Crippen molar-refractivity contribution in [3.05, 3.63) is 0 Å². The van der Waals surface area contributed by atoms with Gasteiger partial charge in [-0.3, -0.25) is 9.59 Å². The lowest BCUT2D eigenvalue weighted by atomic mass is 10.4. The Labute approximate surface area is 50.0 Å². The first-order valence-corrected chi connectivity index (χ1v) is 2.40. The monoisotopic (exact) mass is 133 g/mol. The fourth-order valence-corrected chi connectivity index (χ4v) is 0.633. The molecule has 0 aromatic carbocycles. The molecule has 0 aromatic rings. The maximum atomic E-state index is 11.2. The molecule has 50 valence electrons. The third-order valence-corrected chi connectivity index (χ3v) is 1.07. The molecule has 0 atom stereocenters. The second-order valence-electron chi connectivity index (χ2n) is 1.65. The number of hydrogen-bond donors (Lipinski definition) is 0. The molecule has 0 aromatic heterocycles. The quantitative estimate of drug-likeness (QED) is 0.471. The number of imide groups is 1.